The Labute approximate surface area is 91.6 Å². The molecule has 0 amide bonds. The van der Waals surface area contributed by atoms with Gasteiger partial charge in [0.05, 0.1) is 18.0 Å². The SMILES string of the molecule is CCOC(=O)Cc1cc([N+](=O)[O-])ccc1O. The van der Waals surface area contributed by atoms with Crippen molar-refractivity contribution in [2.45, 2.75) is 13.3 Å². The van der Waals surface area contributed by atoms with Gasteiger partial charge in [0.15, 0.2) is 0 Å². The summed E-state index contributed by atoms with van der Waals surface area (Å²) in [7, 11) is 0. The molecule has 0 aliphatic heterocycles. The summed E-state index contributed by atoms with van der Waals surface area (Å²) in [5.41, 5.74) is 0.0183. The summed E-state index contributed by atoms with van der Waals surface area (Å²) >= 11 is 0. The number of hydrogen-bond donors (Lipinski definition) is 1. The molecule has 1 aromatic carbocycles. The van der Waals surface area contributed by atoms with Crippen molar-refractivity contribution in [3.63, 3.8) is 0 Å². The highest BCUT2D eigenvalue weighted by Gasteiger charge is 2.13. The Bertz CT molecular complexity index is 416. The first-order valence-corrected chi connectivity index (χ1v) is 4.66. The van der Waals surface area contributed by atoms with Crippen LogP contribution >= 0.6 is 0 Å². The molecule has 0 radical (unpaired) electrons. The number of benzene rings is 1. The molecule has 1 N–H and O–H groups in total. The molecule has 0 atom stereocenters. The molecule has 0 bridgehead atoms. The number of rotatable bonds is 4. The van der Waals surface area contributed by atoms with E-state index in [4.69, 9.17) is 0 Å². The summed E-state index contributed by atoms with van der Waals surface area (Å²) in [6.07, 6.45) is -0.179. The van der Waals surface area contributed by atoms with Gasteiger partial charge in [-0.25, -0.2) is 0 Å². The first-order valence-electron chi connectivity index (χ1n) is 4.66. The number of non-ortho nitro benzene ring substituents is 1. The Morgan fingerprint density at radius 1 is 1.56 bits per heavy atom. The molecule has 6 nitrogen and oxygen atoms in total. The van der Waals surface area contributed by atoms with Crippen molar-refractivity contribution in [3.8, 4) is 5.75 Å². The number of esters is 1. The van der Waals surface area contributed by atoms with Crippen LogP contribution in [-0.4, -0.2) is 22.6 Å². The van der Waals surface area contributed by atoms with Crippen molar-refractivity contribution in [2.75, 3.05) is 6.61 Å². The quantitative estimate of drug-likeness (QED) is 0.475. The lowest BCUT2D eigenvalue weighted by molar-refractivity contribution is -0.384. The highest BCUT2D eigenvalue weighted by Crippen LogP contribution is 2.23. The van der Waals surface area contributed by atoms with Gasteiger partial charge in [0.2, 0.25) is 0 Å². The van der Waals surface area contributed by atoms with E-state index in [9.17, 15) is 20.0 Å². The van der Waals surface area contributed by atoms with Crippen molar-refractivity contribution in [3.05, 3.63) is 33.9 Å². The fourth-order valence-corrected chi connectivity index (χ4v) is 1.19. The number of aromatic hydroxyl groups is 1. The summed E-state index contributed by atoms with van der Waals surface area (Å²) in [5, 5.41) is 19.9. The zero-order chi connectivity index (χ0) is 12.1. The number of carbonyl (C=O) groups is 1. The van der Waals surface area contributed by atoms with E-state index in [1.54, 1.807) is 6.92 Å². The van der Waals surface area contributed by atoms with E-state index >= 15 is 0 Å². The topological polar surface area (TPSA) is 89.7 Å². The molecule has 0 aliphatic rings. The predicted molar refractivity (Wildman–Crippen MR) is 55.1 cm³/mol. The minimum absolute atomic E-state index is 0.154. The highest BCUT2D eigenvalue weighted by atomic mass is 16.6. The Kier molecular flexibility index (Phi) is 3.82. The fourth-order valence-electron chi connectivity index (χ4n) is 1.19. The summed E-state index contributed by atoms with van der Waals surface area (Å²) in [5.74, 6) is -0.683. The van der Waals surface area contributed by atoms with Crippen LogP contribution in [0.1, 0.15) is 12.5 Å². The van der Waals surface area contributed by atoms with Gasteiger partial charge in [-0.05, 0) is 13.0 Å². The van der Waals surface area contributed by atoms with Gasteiger partial charge in [0.25, 0.3) is 5.69 Å². The minimum Gasteiger partial charge on any atom is -0.508 e. The molecule has 0 saturated carbocycles. The third kappa shape index (κ3) is 2.94. The maximum absolute atomic E-state index is 11.1. The number of hydrogen-bond acceptors (Lipinski definition) is 5. The lowest BCUT2D eigenvalue weighted by Crippen LogP contribution is -2.07. The van der Waals surface area contributed by atoms with Crippen LogP contribution in [0.25, 0.3) is 0 Å². The van der Waals surface area contributed by atoms with Gasteiger partial charge in [-0.2, -0.15) is 0 Å². The van der Waals surface area contributed by atoms with E-state index in [2.05, 4.69) is 4.74 Å². The highest BCUT2D eigenvalue weighted by molar-refractivity contribution is 5.73. The Morgan fingerprint density at radius 3 is 2.81 bits per heavy atom. The van der Waals surface area contributed by atoms with Gasteiger partial charge in [0, 0.05) is 17.7 Å². The number of phenols is 1. The summed E-state index contributed by atoms with van der Waals surface area (Å²) < 4.78 is 4.68. The molecule has 0 aromatic heterocycles. The lowest BCUT2D eigenvalue weighted by atomic mass is 10.1. The predicted octanol–water partition coefficient (Wildman–Crippen LogP) is 1.41. The van der Waals surface area contributed by atoms with Gasteiger partial charge in [-0.15, -0.1) is 0 Å². The first kappa shape index (κ1) is 12.0. The van der Waals surface area contributed by atoms with Gasteiger partial charge < -0.3 is 9.84 Å². The molecule has 0 heterocycles. The lowest BCUT2D eigenvalue weighted by Gasteiger charge is -2.04. The van der Waals surface area contributed by atoms with Crippen LogP contribution in [0.3, 0.4) is 0 Å². The largest absolute Gasteiger partial charge is 0.508 e. The van der Waals surface area contributed by atoms with Crippen molar-refractivity contribution < 1.29 is 19.6 Å². The molecule has 86 valence electrons. The molecule has 0 aliphatic carbocycles. The molecular weight excluding hydrogens is 214 g/mol. The Morgan fingerprint density at radius 2 is 2.25 bits per heavy atom. The zero-order valence-corrected chi connectivity index (χ0v) is 8.67. The summed E-state index contributed by atoms with van der Waals surface area (Å²) in [6, 6.07) is 3.52. The first-order chi connectivity index (χ1) is 7.54. The van der Waals surface area contributed by atoms with Crippen molar-refractivity contribution in [2.24, 2.45) is 0 Å². The molecule has 0 saturated heterocycles. The smallest absolute Gasteiger partial charge is 0.310 e. The van der Waals surface area contributed by atoms with Crippen LogP contribution in [0.2, 0.25) is 0 Å². The van der Waals surface area contributed by atoms with Crippen LogP contribution in [0.4, 0.5) is 5.69 Å². The summed E-state index contributed by atoms with van der Waals surface area (Å²) in [4.78, 5) is 21.0. The van der Waals surface area contributed by atoms with Gasteiger partial charge in [-0.1, -0.05) is 0 Å². The standard InChI is InChI=1S/C10H11NO5/c1-2-16-10(13)6-7-5-8(11(14)15)3-4-9(7)12/h3-5,12H,2,6H2,1H3. The third-order valence-corrected chi connectivity index (χ3v) is 1.91. The Hall–Kier alpha value is -2.11. The average molecular weight is 225 g/mol. The number of nitro groups is 1. The van der Waals surface area contributed by atoms with Gasteiger partial charge in [0.1, 0.15) is 5.75 Å². The number of nitro benzene ring substituents is 1. The second-order valence-electron chi connectivity index (χ2n) is 3.05. The van der Waals surface area contributed by atoms with Crippen LogP contribution in [0.5, 0.6) is 5.75 Å². The fraction of sp³-hybridized carbons (Fsp3) is 0.300. The van der Waals surface area contributed by atoms with Crippen LogP contribution in [0, 0.1) is 10.1 Å². The normalized spacial score (nSPS) is 9.81. The van der Waals surface area contributed by atoms with E-state index in [1.807, 2.05) is 0 Å². The second kappa shape index (κ2) is 5.11. The van der Waals surface area contributed by atoms with Crippen LogP contribution in [-0.2, 0) is 16.0 Å². The molecule has 0 fully saturated rings. The maximum Gasteiger partial charge on any atom is 0.310 e. The van der Waals surface area contributed by atoms with Gasteiger partial charge >= 0.3 is 5.97 Å². The maximum atomic E-state index is 11.1. The van der Waals surface area contributed by atoms with Crippen LogP contribution in [0.15, 0.2) is 18.2 Å². The van der Waals surface area contributed by atoms with Gasteiger partial charge in [-0.3, -0.25) is 14.9 Å². The molecule has 0 spiro atoms. The molecule has 16 heavy (non-hydrogen) atoms. The zero-order valence-electron chi connectivity index (χ0n) is 8.67. The number of phenolic OH excluding ortho intramolecular Hbond substituents is 1. The number of nitrogens with zero attached hydrogens (tertiary/aromatic N) is 1. The molecule has 0 unspecified atom stereocenters. The third-order valence-electron chi connectivity index (χ3n) is 1.91. The number of carbonyl (C=O) groups excluding carboxylic acids is 1. The van der Waals surface area contributed by atoms with E-state index in [1.165, 1.54) is 12.1 Å². The number of ether oxygens (including phenoxy) is 1. The van der Waals surface area contributed by atoms with Crippen molar-refractivity contribution in [1.29, 1.82) is 0 Å². The Balaban J connectivity index is 2.90. The van der Waals surface area contributed by atoms with E-state index in [-0.39, 0.29) is 30.0 Å². The van der Waals surface area contributed by atoms with E-state index < -0.39 is 10.9 Å². The summed E-state index contributed by atoms with van der Waals surface area (Å²) in [6.45, 7) is 1.89. The molecule has 1 aromatic rings. The van der Waals surface area contributed by atoms with Crippen molar-refractivity contribution in [1.82, 2.24) is 0 Å². The average Bonchev–Trinajstić information content (AvgIpc) is 2.21. The minimum atomic E-state index is -0.589. The molecular formula is C10H11NO5. The second-order valence-corrected chi connectivity index (χ2v) is 3.05. The van der Waals surface area contributed by atoms with Crippen LogP contribution < -0.4 is 0 Å². The monoisotopic (exact) mass is 225 g/mol. The van der Waals surface area contributed by atoms with E-state index in [0.29, 0.717) is 0 Å². The van der Waals surface area contributed by atoms with E-state index in [0.717, 1.165) is 6.07 Å². The van der Waals surface area contributed by atoms with Crippen molar-refractivity contribution >= 4 is 11.7 Å². The molecule has 6 heteroatoms. The molecule has 1 rings (SSSR count).